The normalized spacial score (nSPS) is 36.2. The van der Waals surface area contributed by atoms with E-state index in [1.54, 1.807) is 0 Å². The first-order chi connectivity index (χ1) is 9.81. The Morgan fingerprint density at radius 3 is 2.71 bits per heavy atom. The summed E-state index contributed by atoms with van der Waals surface area (Å²) in [5, 5.41) is 0. The zero-order valence-corrected chi connectivity index (χ0v) is 14.4. The Morgan fingerprint density at radius 1 is 1.33 bits per heavy atom. The van der Waals surface area contributed by atoms with Crippen LogP contribution in [0.25, 0.3) is 0 Å². The quantitative estimate of drug-likeness (QED) is 0.478. The van der Waals surface area contributed by atoms with Crippen LogP contribution in [-0.2, 0) is 4.79 Å². The fourth-order valence-electron chi connectivity index (χ4n) is 5.24. The van der Waals surface area contributed by atoms with Gasteiger partial charge in [-0.1, -0.05) is 51.0 Å². The van der Waals surface area contributed by atoms with Gasteiger partial charge in [0.15, 0.2) is 0 Å². The Morgan fingerprint density at radius 2 is 2.05 bits per heavy atom. The molecule has 0 bridgehead atoms. The third kappa shape index (κ3) is 3.17. The molecule has 0 heterocycles. The lowest BCUT2D eigenvalue weighted by atomic mass is 9.47. The molecule has 0 saturated heterocycles. The highest BCUT2D eigenvalue weighted by Crippen LogP contribution is 2.61. The third-order valence-corrected chi connectivity index (χ3v) is 6.43. The van der Waals surface area contributed by atoms with Gasteiger partial charge in [0, 0.05) is 6.42 Å². The van der Waals surface area contributed by atoms with E-state index in [1.165, 1.54) is 43.3 Å². The summed E-state index contributed by atoms with van der Waals surface area (Å²) >= 11 is 0. The Labute approximate surface area is 130 Å². The van der Waals surface area contributed by atoms with Gasteiger partial charge >= 0.3 is 0 Å². The minimum absolute atomic E-state index is 0.398. The number of hydrogen-bond acceptors (Lipinski definition) is 1. The Hall–Kier alpha value is -0.850. The molecule has 2 aliphatic carbocycles. The van der Waals surface area contributed by atoms with E-state index in [-0.39, 0.29) is 0 Å². The van der Waals surface area contributed by atoms with Crippen LogP contribution in [0, 0.1) is 22.7 Å². The van der Waals surface area contributed by atoms with Crippen molar-refractivity contribution >= 4 is 6.29 Å². The van der Waals surface area contributed by atoms with Crippen LogP contribution in [0.3, 0.4) is 0 Å². The van der Waals surface area contributed by atoms with Crippen LogP contribution in [-0.4, -0.2) is 6.29 Å². The van der Waals surface area contributed by atoms with Crippen LogP contribution < -0.4 is 0 Å². The summed E-state index contributed by atoms with van der Waals surface area (Å²) < 4.78 is 0. The SMILES string of the molecule is C=C1CC[C@H]2C(C)(C)CCC[C@]2(C)[C@H]1CC=C(C)CC=O. The first kappa shape index (κ1) is 16.5. The summed E-state index contributed by atoms with van der Waals surface area (Å²) in [5.74, 6) is 1.41. The number of aldehydes is 1. The first-order valence-electron chi connectivity index (χ1n) is 8.58. The van der Waals surface area contributed by atoms with Crippen molar-refractivity contribution in [1.82, 2.24) is 0 Å². The predicted molar refractivity (Wildman–Crippen MR) is 90.1 cm³/mol. The fraction of sp³-hybridized carbons (Fsp3) is 0.750. The molecule has 2 saturated carbocycles. The van der Waals surface area contributed by atoms with Gasteiger partial charge in [-0.15, -0.1) is 0 Å². The van der Waals surface area contributed by atoms with Crippen molar-refractivity contribution in [3.8, 4) is 0 Å². The molecule has 3 atom stereocenters. The van der Waals surface area contributed by atoms with Crippen LogP contribution in [0.15, 0.2) is 23.8 Å². The van der Waals surface area contributed by atoms with Crippen molar-refractivity contribution in [2.75, 3.05) is 0 Å². The minimum atomic E-state index is 0.398. The molecule has 0 radical (unpaired) electrons. The van der Waals surface area contributed by atoms with Crippen molar-refractivity contribution in [3.05, 3.63) is 23.8 Å². The summed E-state index contributed by atoms with van der Waals surface area (Å²) in [7, 11) is 0. The van der Waals surface area contributed by atoms with Crippen LogP contribution in [0.4, 0.5) is 0 Å². The number of carbonyl (C=O) groups is 1. The van der Waals surface area contributed by atoms with Crippen molar-refractivity contribution < 1.29 is 4.79 Å². The van der Waals surface area contributed by atoms with E-state index >= 15 is 0 Å². The Bertz CT molecular complexity index is 443. The second-order valence-corrected chi connectivity index (χ2v) is 8.31. The average Bonchev–Trinajstić information content (AvgIpc) is 2.37. The molecule has 1 heteroatoms. The summed E-state index contributed by atoms with van der Waals surface area (Å²) in [6.07, 6.45) is 11.5. The lowest BCUT2D eigenvalue weighted by molar-refractivity contribution is -0.107. The largest absolute Gasteiger partial charge is 0.303 e. The van der Waals surface area contributed by atoms with Gasteiger partial charge in [-0.2, -0.15) is 0 Å². The molecule has 0 unspecified atom stereocenters. The third-order valence-electron chi connectivity index (χ3n) is 6.43. The molecule has 0 N–H and O–H groups in total. The van der Waals surface area contributed by atoms with E-state index in [0.29, 0.717) is 23.2 Å². The van der Waals surface area contributed by atoms with Crippen LogP contribution in [0.1, 0.15) is 72.6 Å². The molecule has 0 aromatic carbocycles. The molecule has 1 nitrogen and oxygen atoms in total. The fourth-order valence-corrected chi connectivity index (χ4v) is 5.24. The van der Waals surface area contributed by atoms with Crippen molar-refractivity contribution in [2.24, 2.45) is 22.7 Å². The number of hydrogen-bond donors (Lipinski definition) is 0. The standard InChI is InChI=1S/C20H32O/c1-15(11-14-21)7-9-17-16(2)8-10-18-19(3,4)12-6-13-20(17,18)5/h7,14,17-18H,2,6,8-13H2,1,3-5H3/t17-,18-,20+/m0/s1. The maximum Gasteiger partial charge on any atom is 0.124 e. The maximum atomic E-state index is 10.6. The topological polar surface area (TPSA) is 17.1 Å². The van der Waals surface area contributed by atoms with Gasteiger partial charge in [-0.3, -0.25) is 0 Å². The molecule has 0 spiro atoms. The molecule has 0 amide bonds. The first-order valence-corrected chi connectivity index (χ1v) is 8.58. The molecule has 21 heavy (non-hydrogen) atoms. The van der Waals surface area contributed by atoms with Crippen LogP contribution >= 0.6 is 0 Å². The Balaban J connectivity index is 2.23. The smallest absolute Gasteiger partial charge is 0.124 e. The molecule has 0 aromatic heterocycles. The minimum Gasteiger partial charge on any atom is -0.303 e. The highest BCUT2D eigenvalue weighted by molar-refractivity contribution is 5.53. The number of carbonyl (C=O) groups excluding carboxylic acids is 1. The average molecular weight is 288 g/mol. The molecule has 0 aliphatic heterocycles. The van der Waals surface area contributed by atoms with Crippen LogP contribution in [0.2, 0.25) is 0 Å². The molecular weight excluding hydrogens is 256 g/mol. The molecule has 0 aromatic rings. The summed E-state index contributed by atoms with van der Waals surface area (Å²) in [6, 6.07) is 0. The van der Waals surface area contributed by atoms with Gasteiger partial charge in [0.1, 0.15) is 6.29 Å². The summed E-state index contributed by atoms with van der Waals surface area (Å²) in [5.41, 5.74) is 3.52. The van der Waals surface area contributed by atoms with Crippen molar-refractivity contribution in [3.63, 3.8) is 0 Å². The van der Waals surface area contributed by atoms with Crippen molar-refractivity contribution in [1.29, 1.82) is 0 Å². The Kier molecular flexibility index (Phi) is 4.80. The van der Waals surface area contributed by atoms with Crippen LogP contribution in [0.5, 0.6) is 0 Å². The number of fused-ring (bicyclic) bond motifs is 1. The van der Waals surface area contributed by atoms with E-state index in [2.05, 4.69) is 40.3 Å². The van der Waals surface area contributed by atoms with E-state index in [4.69, 9.17) is 0 Å². The lowest BCUT2D eigenvalue weighted by Crippen LogP contribution is -2.49. The highest BCUT2D eigenvalue weighted by Gasteiger charge is 2.52. The summed E-state index contributed by atoms with van der Waals surface area (Å²) in [6.45, 7) is 13.9. The lowest BCUT2D eigenvalue weighted by Gasteiger charge is -2.58. The number of rotatable bonds is 4. The second-order valence-electron chi connectivity index (χ2n) is 8.31. The summed E-state index contributed by atoms with van der Waals surface area (Å²) in [4.78, 5) is 10.6. The van der Waals surface area contributed by atoms with Gasteiger partial charge in [-0.05, 0) is 61.7 Å². The van der Waals surface area contributed by atoms with Gasteiger partial charge in [-0.25, -0.2) is 0 Å². The van der Waals surface area contributed by atoms with E-state index in [1.807, 2.05) is 0 Å². The molecule has 2 fully saturated rings. The van der Waals surface area contributed by atoms with Gasteiger partial charge in [0.25, 0.3) is 0 Å². The molecular formula is C20H32O. The van der Waals surface area contributed by atoms with Gasteiger partial charge < -0.3 is 4.79 Å². The zero-order chi connectivity index (χ0) is 15.7. The molecule has 2 aliphatic rings. The molecule has 2 rings (SSSR count). The van der Waals surface area contributed by atoms with E-state index < -0.39 is 0 Å². The highest BCUT2D eigenvalue weighted by atomic mass is 16.1. The molecule has 118 valence electrons. The predicted octanol–water partition coefficient (Wildman–Crippen LogP) is 5.71. The second kappa shape index (κ2) is 6.10. The van der Waals surface area contributed by atoms with Crippen molar-refractivity contribution in [2.45, 2.75) is 72.6 Å². The number of allylic oxidation sites excluding steroid dienone is 3. The monoisotopic (exact) mass is 288 g/mol. The van der Waals surface area contributed by atoms with E-state index in [0.717, 1.165) is 18.6 Å². The van der Waals surface area contributed by atoms with Gasteiger partial charge in [0.2, 0.25) is 0 Å². The maximum absolute atomic E-state index is 10.6. The zero-order valence-electron chi connectivity index (χ0n) is 14.4. The van der Waals surface area contributed by atoms with E-state index in [9.17, 15) is 4.79 Å². The van der Waals surface area contributed by atoms with Gasteiger partial charge in [0.05, 0.1) is 0 Å².